The number of nitrogens with one attached hydrogen (secondary N) is 1. The van der Waals surface area contributed by atoms with Crippen LogP contribution in [0.15, 0.2) is 66.1 Å². The topological polar surface area (TPSA) is 67.9 Å². The smallest absolute Gasteiger partial charge is 0.285 e. The van der Waals surface area contributed by atoms with Crippen LogP contribution in [0.25, 0.3) is 6.08 Å². The molecule has 0 saturated carbocycles. The quantitative estimate of drug-likeness (QED) is 0.413. The number of para-hydroxylation sites is 1. The van der Waals surface area contributed by atoms with Gasteiger partial charge in [0.05, 0.1) is 12.0 Å². The number of rotatable bonds is 7. The lowest BCUT2D eigenvalue weighted by molar-refractivity contribution is -0.123. The first-order chi connectivity index (χ1) is 14.0. The number of nitrogens with zero attached hydrogens (tertiary/aromatic N) is 1. The monoisotopic (exact) mass is 426 g/mol. The van der Waals surface area contributed by atoms with Crippen LogP contribution in [0.2, 0.25) is 0 Å². The molecule has 148 valence electrons. The van der Waals surface area contributed by atoms with Crippen molar-refractivity contribution in [3.63, 3.8) is 0 Å². The molecule has 1 aliphatic rings. The van der Waals surface area contributed by atoms with Crippen LogP contribution in [0.1, 0.15) is 15.9 Å². The average Bonchev–Trinajstić information content (AvgIpc) is 3.00. The molecule has 1 N–H and O–H groups in total. The summed E-state index contributed by atoms with van der Waals surface area (Å²) in [5, 5.41) is 1.08. The van der Waals surface area contributed by atoms with Gasteiger partial charge in [-0.1, -0.05) is 42.6 Å². The minimum Gasteiger partial charge on any atom is -0.497 e. The van der Waals surface area contributed by atoms with Gasteiger partial charge in [0.2, 0.25) is 0 Å². The fourth-order valence-corrected chi connectivity index (χ4v) is 3.66. The van der Waals surface area contributed by atoms with Crippen molar-refractivity contribution in [2.75, 3.05) is 13.7 Å². The summed E-state index contributed by atoms with van der Waals surface area (Å²) in [4.78, 5) is 25.6. The fraction of sp³-hybridized carbons (Fsp3) is 0.0952. The van der Waals surface area contributed by atoms with Crippen LogP contribution >= 0.6 is 24.0 Å². The zero-order valence-electron chi connectivity index (χ0n) is 15.6. The first-order valence-electron chi connectivity index (χ1n) is 8.59. The summed E-state index contributed by atoms with van der Waals surface area (Å²) in [6, 6.07) is 13.9. The van der Waals surface area contributed by atoms with E-state index in [2.05, 4.69) is 12.0 Å². The number of hydrazine groups is 1. The molecular weight excluding hydrogens is 408 g/mol. The summed E-state index contributed by atoms with van der Waals surface area (Å²) < 4.78 is 10.9. The molecule has 1 heterocycles. The Labute approximate surface area is 178 Å². The fourth-order valence-electron chi connectivity index (χ4n) is 2.49. The van der Waals surface area contributed by atoms with Crippen LogP contribution in [-0.4, -0.2) is 34.9 Å². The van der Waals surface area contributed by atoms with E-state index in [4.69, 9.17) is 21.7 Å². The lowest BCUT2D eigenvalue weighted by Crippen LogP contribution is -2.44. The molecule has 0 aromatic heterocycles. The molecule has 8 heteroatoms. The van der Waals surface area contributed by atoms with Gasteiger partial charge in [0.1, 0.15) is 18.1 Å². The highest BCUT2D eigenvalue weighted by molar-refractivity contribution is 8.26. The first-order valence-corrected chi connectivity index (χ1v) is 9.81. The normalized spacial score (nSPS) is 14.8. The maximum Gasteiger partial charge on any atom is 0.285 e. The molecule has 0 spiro atoms. The Hall–Kier alpha value is -3.10. The van der Waals surface area contributed by atoms with Gasteiger partial charge in [0.25, 0.3) is 11.8 Å². The van der Waals surface area contributed by atoms with Crippen LogP contribution in [0, 0.1) is 0 Å². The number of benzene rings is 2. The van der Waals surface area contributed by atoms with Crippen molar-refractivity contribution in [3.8, 4) is 11.5 Å². The second kappa shape index (κ2) is 9.40. The van der Waals surface area contributed by atoms with E-state index in [1.54, 1.807) is 43.5 Å². The Morgan fingerprint density at radius 1 is 1.24 bits per heavy atom. The summed E-state index contributed by atoms with van der Waals surface area (Å²) in [5.74, 6) is 0.410. The molecule has 1 saturated heterocycles. The van der Waals surface area contributed by atoms with E-state index in [0.717, 1.165) is 22.3 Å². The van der Waals surface area contributed by atoms with Crippen LogP contribution in [0.4, 0.5) is 0 Å². The highest BCUT2D eigenvalue weighted by atomic mass is 32.2. The van der Waals surface area contributed by atoms with Gasteiger partial charge < -0.3 is 9.47 Å². The van der Waals surface area contributed by atoms with Crippen molar-refractivity contribution in [1.29, 1.82) is 0 Å². The zero-order chi connectivity index (χ0) is 20.8. The molecule has 1 aliphatic heterocycles. The van der Waals surface area contributed by atoms with Crippen molar-refractivity contribution in [1.82, 2.24) is 10.4 Å². The summed E-state index contributed by atoms with van der Waals surface area (Å²) in [5.41, 5.74) is 3.67. The molecule has 0 unspecified atom stereocenters. The minimum absolute atomic E-state index is 0.243. The number of methoxy groups -OCH3 is 1. The Kier molecular flexibility index (Phi) is 6.69. The maximum absolute atomic E-state index is 12.8. The van der Waals surface area contributed by atoms with E-state index < -0.39 is 11.8 Å². The lowest BCUT2D eigenvalue weighted by atomic mass is 10.2. The zero-order valence-corrected chi connectivity index (χ0v) is 17.2. The van der Waals surface area contributed by atoms with Gasteiger partial charge in [-0.3, -0.25) is 15.0 Å². The number of hydrogen-bond acceptors (Lipinski definition) is 6. The van der Waals surface area contributed by atoms with Crippen molar-refractivity contribution in [2.45, 2.75) is 0 Å². The SMILES string of the molecule is C=CCOc1ccccc1/C=C1\SC(=S)N(NC(=O)c2ccc(OC)cc2)C1=O. The number of carbonyl (C=O) groups excluding carboxylic acids is 2. The molecule has 0 aliphatic carbocycles. The first kappa shape index (κ1) is 20.6. The number of thiocarbonyl (C=S) groups is 1. The van der Waals surface area contributed by atoms with Gasteiger partial charge in [-0.25, -0.2) is 0 Å². The number of thioether (sulfide) groups is 1. The molecule has 2 amide bonds. The van der Waals surface area contributed by atoms with Crippen molar-refractivity contribution >= 4 is 46.2 Å². The Morgan fingerprint density at radius 2 is 1.97 bits per heavy atom. The predicted octanol–water partition coefficient (Wildman–Crippen LogP) is 3.81. The van der Waals surface area contributed by atoms with Crippen molar-refractivity contribution in [3.05, 3.63) is 77.2 Å². The number of hydrogen-bond donors (Lipinski definition) is 1. The second-order valence-electron chi connectivity index (χ2n) is 5.82. The molecular formula is C21H18N2O4S2. The van der Waals surface area contributed by atoms with Gasteiger partial charge in [0, 0.05) is 11.1 Å². The molecule has 1 fully saturated rings. The van der Waals surface area contributed by atoms with Crippen LogP contribution < -0.4 is 14.9 Å². The third kappa shape index (κ3) is 4.85. The number of carbonyl (C=O) groups is 2. The second-order valence-corrected chi connectivity index (χ2v) is 7.50. The van der Waals surface area contributed by atoms with Gasteiger partial charge in [-0.05, 0) is 48.6 Å². The number of ether oxygens (including phenoxy) is 2. The van der Waals surface area contributed by atoms with Crippen LogP contribution in [-0.2, 0) is 4.79 Å². The molecule has 2 aromatic carbocycles. The third-order valence-electron chi connectivity index (χ3n) is 3.92. The third-order valence-corrected chi connectivity index (χ3v) is 5.22. The van der Waals surface area contributed by atoms with Crippen molar-refractivity contribution in [2.24, 2.45) is 0 Å². The van der Waals surface area contributed by atoms with Crippen molar-refractivity contribution < 1.29 is 19.1 Å². The Morgan fingerprint density at radius 3 is 2.66 bits per heavy atom. The predicted molar refractivity (Wildman–Crippen MR) is 118 cm³/mol. The standard InChI is InChI=1S/C21H18N2O4S2/c1-3-12-27-17-7-5-4-6-15(17)13-18-20(25)23(21(28)29-18)22-19(24)14-8-10-16(26-2)11-9-14/h3-11,13H,1,12H2,2H3,(H,22,24)/b18-13-. The minimum atomic E-state index is -0.445. The molecule has 2 aromatic rings. The van der Waals surface area contributed by atoms with E-state index in [0.29, 0.717) is 28.6 Å². The summed E-state index contributed by atoms with van der Waals surface area (Å²) in [7, 11) is 1.54. The maximum atomic E-state index is 12.8. The Balaban J connectivity index is 1.76. The van der Waals surface area contributed by atoms with Crippen LogP contribution in [0.5, 0.6) is 11.5 Å². The van der Waals surface area contributed by atoms with E-state index in [1.807, 2.05) is 24.3 Å². The largest absolute Gasteiger partial charge is 0.497 e. The summed E-state index contributed by atoms with van der Waals surface area (Å²) in [6.45, 7) is 3.98. The molecule has 0 atom stereocenters. The van der Waals surface area contributed by atoms with E-state index in [1.165, 1.54) is 0 Å². The van der Waals surface area contributed by atoms with Crippen LogP contribution in [0.3, 0.4) is 0 Å². The van der Waals surface area contributed by atoms with Gasteiger partial charge >= 0.3 is 0 Å². The van der Waals surface area contributed by atoms with E-state index in [-0.39, 0.29) is 4.32 Å². The summed E-state index contributed by atoms with van der Waals surface area (Å²) >= 11 is 6.38. The van der Waals surface area contributed by atoms with Gasteiger partial charge in [-0.2, -0.15) is 5.01 Å². The van der Waals surface area contributed by atoms with E-state index >= 15 is 0 Å². The highest BCUT2D eigenvalue weighted by Gasteiger charge is 2.34. The summed E-state index contributed by atoms with van der Waals surface area (Å²) in [6.07, 6.45) is 3.34. The van der Waals surface area contributed by atoms with E-state index in [9.17, 15) is 9.59 Å². The van der Waals surface area contributed by atoms with Gasteiger partial charge in [0.15, 0.2) is 4.32 Å². The lowest BCUT2D eigenvalue weighted by Gasteiger charge is -2.15. The molecule has 0 radical (unpaired) electrons. The highest BCUT2D eigenvalue weighted by Crippen LogP contribution is 2.33. The van der Waals surface area contributed by atoms with Gasteiger partial charge in [-0.15, -0.1) is 0 Å². The molecule has 29 heavy (non-hydrogen) atoms. The Bertz CT molecular complexity index is 986. The molecule has 3 rings (SSSR count). The average molecular weight is 427 g/mol. The molecule has 0 bridgehead atoms. The number of amides is 2. The molecule has 6 nitrogen and oxygen atoms in total.